The number of benzene rings is 1. The van der Waals surface area contributed by atoms with Gasteiger partial charge in [-0.1, -0.05) is 20.8 Å². The molecule has 0 spiro atoms. The van der Waals surface area contributed by atoms with Gasteiger partial charge in [0.15, 0.2) is 0 Å². The molecule has 0 unspecified atom stereocenters. The summed E-state index contributed by atoms with van der Waals surface area (Å²) >= 11 is 0. The highest BCUT2D eigenvalue weighted by molar-refractivity contribution is 5.60. The van der Waals surface area contributed by atoms with E-state index in [2.05, 4.69) is 26.1 Å². The number of nitro groups is 1. The van der Waals surface area contributed by atoms with E-state index in [9.17, 15) is 10.1 Å². The van der Waals surface area contributed by atoms with Crippen molar-refractivity contribution >= 4 is 11.4 Å². The first-order valence-corrected chi connectivity index (χ1v) is 6.20. The normalized spacial score (nSPS) is 11.4. The fourth-order valence-corrected chi connectivity index (χ4v) is 1.80. The van der Waals surface area contributed by atoms with Crippen LogP contribution < -0.4 is 5.32 Å². The molecule has 1 rings (SSSR count). The quantitative estimate of drug-likeness (QED) is 0.647. The van der Waals surface area contributed by atoms with Crippen LogP contribution in [0.3, 0.4) is 0 Å². The summed E-state index contributed by atoms with van der Waals surface area (Å²) in [7, 11) is 0. The third-order valence-electron chi connectivity index (χ3n) is 2.93. The number of nitrogens with zero attached hydrogens (tertiary/aromatic N) is 1. The minimum absolute atomic E-state index is 0.179. The molecular weight excluding hydrogens is 228 g/mol. The lowest BCUT2D eigenvalue weighted by Gasteiger charge is -2.19. The Kier molecular flexibility index (Phi) is 4.33. The van der Waals surface area contributed by atoms with E-state index in [4.69, 9.17) is 0 Å². The summed E-state index contributed by atoms with van der Waals surface area (Å²) in [5.41, 5.74) is 3.05. The van der Waals surface area contributed by atoms with Crippen LogP contribution in [-0.2, 0) is 0 Å². The standard InChI is InChI=1S/C14H22N2O2/c1-10-8-11(2)13(16(17)18)9-12(10)15-7-6-14(3,4)5/h8-9,15H,6-7H2,1-5H3. The zero-order valence-electron chi connectivity index (χ0n) is 11.8. The average molecular weight is 250 g/mol. The maximum atomic E-state index is 10.9. The molecule has 0 aromatic heterocycles. The summed E-state index contributed by atoms with van der Waals surface area (Å²) in [5, 5.41) is 14.2. The molecule has 0 saturated heterocycles. The van der Waals surface area contributed by atoms with Crippen molar-refractivity contribution in [3.05, 3.63) is 33.4 Å². The van der Waals surface area contributed by atoms with Gasteiger partial charge in [0.05, 0.1) is 4.92 Å². The topological polar surface area (TPSA) is 55.2 Å². The molecule has 0 atom stereocenters. The summed E-state index contributed by atoms with van der Waals surface area (Å²) < 4.78 is 0. The summed E-state index contributed by atoms with van der Waals surface area (Å²) in [6.07, 6.45) is 1.02. The molecule has 0 aliphatic carbocycles. The van der Waals surface area contributed by atoms with Gasteiger partial charge in [0, 0.05) is 23.9 Å². The van der Waals surface area contributed by atoms with E-state index < -0.39 is 0 Å². The Morgan fingerprint density at radius 1 is 1.22 bits per heavy atom. The number of hydrogen-bond donors (Lipinski definition) is 1. The number of aryl methyl sites for hydroxylation is 2. The van der Waals surface area contributed by atoms with Gasteiger partial charge in [-0.15, -0.1) is 0 Å². The van der Waals surface area contributed by atoms with E-state index in [0.29, 0.717) is 5.56 Å². The van der Waals surface area contributed by atoms with Crippen molar-refractivity contribution < 1.29 is 4.92 Å². The SMILES string of the molecule is Cc1cc(C)c([N+](=O)[O-])cc1NCCC(C)(C)C. The van der Waals surface area contributed by atoms with Crippen LogP contribution in [-0.4, -0.2) is 11.5 Å². The second-order valence-corrected chi connectivity index (χ2v) is 5.95. The van der Waals surface area contributed by atoms with Crippen LogP contribution in [0.15, 0.2) is 12.1 Å². The van der Waals surface area contributed by atoms with Crippen molar-refractivity contribution in [1.82, 2.24) is 0 Å². The number of anilines is 1. The maximum absolute atomic E-state index is 10.9. The Morgan fingerprint density at radius 3 is 2.33 bits per heavy atom. The number of hydrogen-bond acceptors (Lipinski definition) is 3. The lowest BCUT2D eigenvalue weighted by molar-refractivity contribution is -0.385. The maximum Gasteiger partial charge on any atom is 0.274 e. The fourth-order valence-electron chi connectivity index (χ4n) is 1.80. The Morgan fingerprint density at radius 2 is 1.83 bits per heavy atom. The molecule has 1 aromatic carbocycles. The molecule has 18 heavy (non-hydrogen) atoms. The van der Waals surface area contributed by atoms with Crippen molar-refractivity contribution in [3.63, 3.8) is 0 Å². The first-order valence-electron chi connectivity index (χ1n) is 6.20. The van der Waals surface area contributed by atoms with Crippen LogP contribution in [0.2, 0.25) is 0 Å². The Bertz CT molecular complexity index is 448. The molecule has 0 radical (unpaired) electrons. The second-order valence-electron chi connectivity index (χ2n) is 5.95. The molecule has 1 N–H and O–H groups in total. The predicted octanol–water partition coefficient (Wildman–Crippen LogP) is 4.06. The highest BCUT2D eigenvalue weighted by Crippen LogP contribution is 2.27. The van der Waals surface area contributed by atoms with Gasteiger partial charge in [-0.25, -0.2) is 0 Å². The smallest absolute Gasteiger partial charge is 0.274 e. The van der Waals surface area contributed by atoms with Crippen LogP contribution in [0.1, 0.15) is 38.3 Å². The molecule has 0 amide bonds. The van der Waals surface area contributed by atoms with Gasteiger partial charge in [0.25, 0.3) is 5.69 Å². The van der Waals surface area contributed by atoms with E-state index >= 15 is 0 Å². The van der Waals surface area contributed by atoms with Gasteiger partial charge in [0.1, 0.15) is 0 Å². The molecule has 4 nitrogen and oxygen atoms in total. The van der Waals surface area contributed by atoms with Gasteiger partial charge in [-0.3, -0.25) is 10.1 Å². The van der Waals surface area contributed by atoms with Crippen LogP contribution in [0, 0.1) is 29.4 Å². The average Bonchev–Trinajstić information content (AvgIpc) is 2.18. The Labute approximate surface area is 109 Å². The van der Waals surface area contributed by atoms with Gasteiger partial charge in [0.2, 0.25) is 0 Å². The van der Waals surface area contributed by atoms with Gasteiger partial charge in [-0.2, -0.15) is 0 Å². The van der Waals surface area contributed by atoms with Gasteiger partial charge in [-0.05, 0) is 37.3 Å². The highest BCUT2D eigenvalue weighted by atomic mass is 16.6. The molecule has 0 aliphatic heterocycles. The number of nitro benzene ring substituents is 1. The molecular formula is C14H22N2O2. The van der Waals surface area contributed by atoms with Crippen molar-refractivity contribution in [3.8, 4) is 0 Å². The summed E-state index contributed by atoms with van der Waals surface area (Å²) in [4.78, 5) is 10.6. The van der Waals surface area contributed by atoms with Gasteiger partial charge >= 0.3 is 0 Å². The molecule has 1 aromatic rings. The minimum atomic E-state index is -0.330. The van der Waals surface area contributed by atoms with Crippen LogP contribution in [0.5, 0.6) is 0 Å². The zero-order chi connectivity index (χ0) is 13.9. The number of rotatable bonds is 4. The first kappa shape index (κ1) is 14.5. The van der Waals surface area contributed by atoms with E-state index in [-0.39, 0.29) is 16.0 Å². The van der Waals surface area contributed by atoms with Crippen molar-refractivity contribution in [2.24, 2.45) is 5.41 Å². The third kappa shape index (κ3) is 4.02. The lowest BCUT2D eigenvalue weighted by atomic mass is 9.92. The van der Waals surface area contributed by atoms with Crippen molar-refractivity contribution in [2.45, 2.75) is 41.0 Å². The van der Waals surface area contributed by atoms with E-state index in [0.717, 1.165) is 24.2 Å². The fraction of sp³-hybridized carbons (Fsp3) is 0.571. The molecule has 0 aliphatic rings. The van der Waals surface area contributed by atoms with Crippen LogP contribution >= 0.6 is 0 Å². The van der Waals surface area contributed by atoms with Crippen molar-refractivity contribution in [2.75, 3.05) is 11.9 Å². The summed E-state index contributed by atoms with van der Waals surface area (Å²) in [6, 6.07) is 3.49. The molecule has 100 valence electrons. The first-order chi connectivity index (χ1) is 8.20. The number of nitrogens with one attached hydrogen (secondary N) is 1. The molecule has 0 bridgehead atoms. The molecule has 4 heteroatoms. The van der Waals surface area contributed by atoms with E-state index in [1.165, 1.54) is 0 Å². The minimum Gasteiger partial charge on any atom is -0.385 e. The van der Waals surface area contributed by atoms with Gasteiger partial charge < -0.3 is 5.32 Å². The highest BCUT2D eigenvalue weighted by Gasteiger charge is 2.14. The molecule has 0 fully saturated rings. The van der Waals surface area contributed by atoms with E-state index in [1.807, 2.05) is 13.0 Å². The second kappa shape index (κ2) is 5.38. The zero-order valence-corrected chi connectivity index (χ0v) is 11.8. The Hall–Kier alpha value is -1.58. The van der Waals surface area contributed by atoms with Crippen LogP contribution in [0.4, 0.5) is 11.4 Å². The largest absolute Gasteiger partial charge is 0.385 e. The molecule has 0 heterocycles. The van der Waals surface area contributed by atoms with E-state index in [1.54, 1.807) is 13.0 Å². The third-order valence-corrected chi connectivity index (χ3v) is 2.93. The van der Waals surface area contributed by atoms with Crippen molar-refractivity contribution in [1.29, 1.82) is 0 Å². The predicted molar refractivity (Wildman–Crippen MR) is 75.1 cm³/mol. The monoisotopic (exact) mass is 250 g/mol. The molecule has 0 saturated carbocycles. The Balaban J connectivity index is 2.83. The summed E-state index contributed by atoms with van der Waals surface area (Å²) in [5.74, 6) is 0. The lowest BCUT2D eigenvalue weighted by Crippen LogP contribution is -2.13. The van der Waals surface area contributed by atoms with Crippen LogP contribution in [0.25, 0.3) is 0 Å². The summed E-state index contributed by atoms with van der Waals surface area (Å²) in [6.45, 7) is 11.1.